The summed E-state index contributed by atoms with van der Waals surface area (Å²) in [5.41, 5.74) is 1.11. The first-order valence-electron chi connectivity index (χ1n) is 6.39. The summed E-state index contributed by atoms with van der Waals surface area (Å²) in [7, 11) is -3.07. The molecule has 4 fully saturated rings. The fourth-order valence-electron chi connectivity index (χ4n) is 4.35. The lowest BCUT2D eigenvalue weighted by Crippen LogP contribution is -2.25. The van der Waals surface area contributed by atoms with E-state index < -0.39 is 9.84 Å². The lowest BCUT2D eigenvalue weighted by Gasteiger charge is -2.15. The molecule has 4 saturated carbocycles. The van der Waals surface area contributed by atoms with Gasteiger partial charge in [0.15, 0.2) is 9.84 Å². The van der Waals surface area contributed by atoms with Crippen molar-refractivity contribution in [3.05, 3.63) is 29.8 Å². The Hall–Kier alpha value is -0.830. The van der Waals surface area contributed by atoms with Gasteiger partial charge < -0.3 is 0 Å². The van der Waals surface area contributed by atoms with Crippen molar-refractivity contribution >= 4 is 9.84 Å². The lowest BCUT2D eigenvalue weighted by molar-refractivity contribution is 0.542. The van der Waals surface area contributed by atoms with Gasteiger partial charge in [-0.3, -0.25) is 0 Å². The van der Waals surface area contributed by atoms with E-state index in [1.807, 2.05) is 19.1 Å². The minimum absolute atomic E-state index is 0.0554. The Balaban J connectivity index is 1.75. The molecule has 0 spiro atoms. The average molecular weight is 248 g/mol. The lowest BCUT2D eigenvalue weighted by atomic mass is 10.1. The molecular formula is C14H16O2S. The Bertz CT molecular complexity index is 559. The van der Waals surface area contributed by atoms with Gasteiger partial charge in [-0.15, -0.1) is 0 Å². The van der Waals surface area contributed by atoms with Crippen LogP contribution in [0.4, 0.5) is 0 Å². The van der Waals surface area contributed by atoms with Crippen molar-refractivity contribution in [2.75, 3.05) is 0 Å². The molecule has 0 amide bonds. The number of rotatable bonds is 2. The minimum Gasteiger partial charge on any atom is -0.223 e. The summed E-state index contributed by atoms with van der Waals surface area (Å²) in [6.07, 6.45) is 2.34. The molecular weight excluding hydrogens is 232 g/mol. The molecule has 4 aliphatic carbocycles. The van der Waals surface area contributed by atoms with Crippen LogP contribution in [0.5, 0.6) is 0 Å². The zero-order valence-corrected chi connectivity index (χ0v) is 10.7. The van der Waals surface area contributed by atoms with Crippen molar-refractivity contribution < 1.29 is 8.42 Å². The largest absolute Gasteiger partial charge is 0.223 e. The molecule has 0 aromatic heterocycles. The Kier molecular flexibility index (Phi) is 1.75. The molecule has 5 rings (SSSR count). The summed E-state index contributed by atoms with van der Waals surface area (Å²) in [5, 5.41) is -0.0554. The molecule has 0 heterocycles. The second-order valence-corrected chi connectivity index (χ2v) is 8.06. The molecule has 90 valence electrons. The van der Waals surface area contributed by atoms with Gasteiger partial charge in [0.05, 0.1) is 10.1 Å². The van der Waals surface area contributed by atoms with E-state index in [2.05, 4.69) is 0 Å². The molecule has 0 radical (unpaired) electrons. The fraction of sp³-hybridized carbons (Fsp3) is 0.571. The van der Waals surface area contributed by atoms with Crippen LogP contribution in [0.15, 0.2) is 29.2 Å². The molecule has 1 aromatic rings. The topological polar surface area (TPSA) is 34.1 Å². The highest BCUT2D eigenvalue weighted by Crippen LogP contribution is 2.72. The van der Waals surface area contributed by atoms with Gasteiger partial charge in [-0.1, -0.05) is 17.7 Å². The molecule has 1 aromatic carbocycles. The quantitative estimate of drug-likeness (QED) is 0.805. The van der Waals surface area contributed by atoms with Crippen molar-refractivity contribution in [1.82, 2.24) is 0 Å². The maximum Gasteiger partial charge on any atom is 0.181 e. The van der Waals surface area contributed by atoms with Crippen molar-refractivity contribution in [1.29, 1.82) is 0 Å². The van der Waals surface area contributed by atoms with Crippen LogP contribution < -0.4 is 0 Å². The van der Waals surface area contributed by atoms with Gasteiger partial charge >= 0.3 is 0 Å². The third-order valence-corrected chi connectivity index (χ3v) is 7.44. The first-order chi connectivity index (χ1) is 8.09. The van der Waals surface area contributed by atoms with E-state index in [-0.39, 0.29) is 5.25 Å². The number of benzene rings is 1. The first kappa shape index (κ1) is 10.1. The Morgan fingerprint density at radius 2 is 1.65 bits per heavy atom. The van der Waals surface area contributed by atoms with Crippen LogP contribution >= 0.6 is 0 Å². The standard InChI is InChI=1S/C14H16O2S/c1-8-2-4-10(5-3-8)17(15,16)14-9-6-11-12(7-9)13(11)14/h2-5,9,11-14H,6-7H2,1H3/t9?,11-,12-,13?,14-/m1/s1. The molecule has 0 saturated heterocycles. The first-order valence-corrected chi connectivity index (χ1v) is 7.94. The third kappa shape index (κ3) is 1.18. The Labute approximate surface area is 102 Å². The van der Waals surface area contributed by atoms with Crippen LogP contribution in [-0.4, -0.2) is 13.7 Å². The highest BCUT2D eigenvalue weighted by Gasteiger charge is 2.71. The van der Waals surface area contributed by atoms with Crippen LogP contribution in [0.25, 0.3) is 0 Å². The predicted octanol–water partition coefficient (Wildman–Crippen LogP) is 2.42. The van der Waals surface area contributed by atoms with Crippen LogP contribution in [0.2, 0.25) is 0 Å². The highest BCUT2D eigenvalue weighted by atomic mass is 32.2. The van der Waals surface area contributed by atoms with E-state index in [9.17, 15) is 8.42 Å². The normalized spacial score (nSPS) is 41.8. The Morgan fingerprint density at radius 3 is 2.12 bits per heavy atom. The van der Waals surface area contributed by atoms with Gasteiger partial charge in [0, 0.05) is 0 Å². The molecule has 0 N–H and O–H groups in total. The SMILES string of the molecule is Cc1ccc(S(=O)(=O)[C@@H]2C3C[C@H]4C2[C@@H]4C3)cc1. The van der Waals surface area contributed by atoms with Gasteiger partial charge in [0.2, 0.25) is 0 Å². The number of hydrogen-bond acceptors (Lipinski definition) is 2. The molecule has 4 aliphatic rings. The van der Waals surface area contributed by atoms with Crippen molar-refractivity contribution in [2.24, 2.45) is 23.7 Å². The van der Waals surface area contributed by atoms with E-state index in [1.165, 1.54) is 12.8 Å². The molecule has 17 heavy (non-hydrogen) atoms. The van der Waals surface area contributed by atoms with E-state index >= 15 is 0 Å². The predicted molar refractivity (Wildman–Crippen MR) is 65.3 cm³/mol. The summed E-state index contributed by atoms with van der Waals surface area (Å²) in [5.74, 6) is 2.48. The second-order valence-electron chi connectivity index (χ2n) is 5.96. The van der Waals surface area contributed by atoms with Crippen molar-refractivity contribution in [2.45, 2.75) is 29.9 Å². The summed E-state index contributed by atoms with van der Waals surface area (Å²) >= 11 is 0. The van der Waals surface area contributed by atoms with E-state index in [1.54, 1.807) is 12.1 Å². The highest BCUT2D eigenvalue weighted by molar-refractivity contribution is 7.92. The number of hydrogen-bond donors (Lipinski definition) is 0. The molecule has 0 unspecified atom stereocenters. The summed E-state index contributed by atoms with van der Waals surface area (Å²) in [6.45, 7) is 1.99. The fourth-order valence-corrected chi connectivity index (χ4v) is 6.73. The second kappa shape index (κ2) is 2.94. The maximum atomic E-state index is 12.6. The van der Waals surface area contributed by atoms with Crippen molar-refractivity contribution in [3.8, 4) is 0 Å². The van der Waals surface area contributed by atoms with E-state index in [4.69, 9.17) is 0 Å². The van der Waals surface area contributed by atoms with E-state index in [0.29, 0.717) is 16.7 Å². The Morgan fingerprint density at radius 1 is 1.06 bits per heavy atom. The maximum absolute atomic E-state index is 12.6. The molecule has 2 nitrogen and oxygen atoms in total. The molecule has 4 bridgehead atoms. The van der Waals surface area contributed by atoms with Crippen LogP contribution in [-0.2, 0) is 9.84 Å². The van der Waals surface area contributed by atoms with Gasteiger partial charge in [0.25, 0.3) is 0 Å². The summed E-state index contributed by atoms with van der Waals surface area (Å²) < 4.78 is 25.2. The smallest absolute Gasteiger partial charge is 0.181 e. The number of aryl methyl sites for hydroxylation is 1. The average Bonchev–Trinajstić information content (AvgIpc) is 2.76. The van der Waals surface area contributed by atoms with Gasteiger partial charge in [-0.2, -0.15) is 0 Å². The van der Waals surface area contributed by atoms with E-state index in [0.717, 1.165) is 17.4 Å². The zero-order chi connectivity index (χ0) is 11.8. The minimum atomic E-state index is -3.07. The third-order valence-electron chi connectivity index (χ3n) is 5.10. The zero-order valence-electron chi connectivity index (χ0n) is 9.84. The van der Waals surface area contributed by atoms with Crippen LogP contribution in [0.1, 0.15) is 18.4 Å². The molecule has 3 atom stereocenters. The summed E-state index contributed by atoms with van der Waals surface area (Å²) in [4.78, 5) is 0.534. The van der Waals surface area contributed by atoms with Crippen LogP contribution in [0.3, 0.4) is 0 Å². The number of sulfone groups is 1. The molecule has 3 heteroatoms. The van der Waals surface area contributed by atoms with Crippen molar-refractivity contribution in [3.63, 3.8) is 0 Å². The molecule has 0 aliphatic heterocycles. The van der Waals surface area contributed by atoms with Gasteiger partial charge in [-0.05, 0) is 55.6 Å². The van der Waals surface area contributed by atoms with Gasteiger partial charge in [0.1, 0.15) is 0 Å². The van der Waals surface area contributed by atoms with Crippen LogP contribution in [0, 0.1) is 30.6 Å². The summed E-state index contributed by atoms with van der Waals surface area (Å²) in [6, 6.07) is 7.35. The van der Waals surface area contributed by atoms with Gasteiger partial charge in [-0.25, -0.2) is 8.42 Å². The monoisotopic (exact) mass is 248 g/mol.